The summed E-state index contributed by atoms with van der Waals surface area (Å²) in [5.41, 5.74) is 0. The molecule has 1 aliphatic heterocycles. The second kappa shape index (κ2) is 4.84. The molecule has 0 spiro atoms. The van der Waals surface area contributed by atoms with Crippen molar-refractivity contribution in [2.24, 2.45) is 4.99 Å². The largest absolute Gasteiger partial charge is 0.484 e. The molecule has 0 aromatic heterocycles. The first-order valence-electron chi connectivity index (χ1n) is 4.43. The normalized spacial score (nSPS) is 21.1. The summed E-state index contributed by atoms with van der Waals surface area (Å²) in [5.74, 6) is 0.635. The number of esters is 1. The van der Waals surface area contributed by atoms with Crippen molar-refractivity contribution in [3.05, 3.63) is 0 Å². The van der Waals surface area contributed by atoms with Gasteiger partial charge in [0, 0.05) is 12.8 Å². The number of ether oxygens (including phenoxy) is 2. The highest BCUT2D eigenvalue weighted by Crippen LogP contribution is 2.18. The second-order valence-electron chi connectivity index (χ2n) is 3.03. The van der Waals surface area contributed by atoms with E-state index in [-0.39, 0.29) is 12.0 Å². The van der Waals surface area contributed by atoms with Crippen molar-refractivity contribution >= 4 is 11.9 Å². The van der Waals surface area contributed by atoms with Crippen molar-refractivity contribution in [2.45, 2.75) is 31.7 Å². The maximum Gasteiger partial charge on any atom is 0.305 e. The molecule has 1 heterocycles. The Balaban J connectivity index is 2.24. The number of rotatable bonds is 3. The third kappa shape index (κ3) is 3.05. The molecule has 74 valence electrons. The molecule has 13 heavy (non-hydrogen) atoms. The fourth-order valence-electron chi connectivity index (χ4n) is 1.37. The number of hydrogen-bond donors (Lipinski definition) is 0. The van der Waals surface area contributed by atoms with Crippen LogP contribution >= 0.6 is 0 Å². The Morgan fingerprint density at radius 2 is 2.38 bits per heavy atom. The van der Waals surface area contributed by atoms with Gasteiger partial charge in [0.15, 0.2) is 5.90 Å². The number of methoxy groups -OCH3 is 2. The molecule has 4 heteroatoms. The van der Waals surface area contributed by atoms with E-state index in [1.165, 1.54) is 7.11 Å². The van der Waals surface area contributed by atoms with Gasteiger partial charge in [0.25, 0.3) is 0 Å². The third-order valence-corrected chi connectivity index (χ3v) is 2.16. The van der Waals surface area contributed by atoms with Crippen LogP contribution in [-0.2, 0) is 14.3 Å². The minimum absolute atomic E-state index is 0.166. The van der Waals surface area contributed by atoms with Gasteiger partial charge in [-0.3, -0.25) is 9.79 Å². The van der Waals surface area contributed by atoms with Gasteiger partial charge in [-0.2, -0.15) is 0 Å². The van der Waals surface area contributed by atoms with E-state index in [4.69, 9.17) is 4.74 Å². The summed E-state index contributed by atoms with van der Waals surface area (Å²) in [7, 11) is 3.03. The van der Waals surface area contributed by atoms with Crippen molar-refractivity contribution < 1.29 is 14.3 Å². The minimum Gasteiger partial charge on any atom is -0.484 e. The molecule has 0 aromatic rings. The highest BCUT2D eigenvalue weighted by Gasteiger charge is 2.18. The summed E-state index contributed by atoms with van der Waals surface area (Å²) in [6, 6.07) is 0.244. The van der Waals surface area contributed by atoms with E-state index in [9.17, 15) is 4.79 Å². The molecular formula is C9H15NO3. The monoisotopic (exact) mass is 185 g/mol. The molecule has 0 saturated carbocycles. The molecule has 1 atom stereocenters. The van der Waals surface area contributed by atoms with Crippen molar-refractivity contribution in [1.29, 1.82) is 0 Å². The highest BCUT2D eigenvalue weighted by molar-refractivity contribution is 5.78. The van der Waals surface area contributed by atoms with Crippen LogP contribution in [-0.4, -0.2) is 32.1 Å². The summed E-state index contributed by atoms with van der Waals surface area (Å²) in [6.07, 6.45) is 3.09. The molecule has 0 aliphatic carbocycles. The third-order valence-electron chi connectivity index (χ3n) is 2.16. The Morgan fingerprint density at radius 1 is 1.62 bits per heavy atom. The van der Waals surface area contributed by atoms with Crippen molar-refractivity contribution in [3.8, 4) is 0 Å². The molecule has 0 fully saturated rings. The second-order valence-corrected chi connectivity index (χ2v) is 3.03. The van der Waals surface area contributed by atoms with Crippen LogP contribution in [0.4, 0.5) is 0 Å². The molecule has 1 rings (SSSR count). The number of nitrogens with zero attached hydrogens (tertiary/aromatic N) is 1. The van der Waals surface area contributed by atoms with Gasteiger partial charge in [-0.15, -0.1) is 0 Å². The standard InChI is InChI=1S/C9H15NO3/c1-12-8-5-3-7(10-8)4-6-9(11)13-2/h7H,3-6H2,1-2H3/t7-/m0/s1. The van der Waals surface area contributed by atoms with E-state index in [1.54, 1.807) is 7.11 Å². The number of carbonyl (C=O) groups is 1. The lowest BCUT2D eigenvalue weighted by Crippen LogP contribution is -2.06. The van der Waals surface area contributed by atoms with E-state index >= 15 is 0 Å². The predicted molar refractivity (Wildman–Crippen MR) is 48.7 cm³/mol. The lowest BCUT2D eigenvalue weighted by Gasteiger charge is -2.03. The zero-order chi connectivity index (χ0) is 9.68. The van der Waals surface area contributed by atoms with Crippen LogP contribution in [0.2, 0.25) is 0 Å². The van der Waals surface area contributed by atoms with E-state index in [0.29, 0.717) is 6.42 Å². The van der Waals surface area contributed by atoms with Crippen LogP contribution < -0.4 is 0 Å². The number of aliphatic imine (C=N–C) groups is 1. The zero-order valence-corrected chi connectivity index (χ0v) is 8.08. The molecule has 0 amide bonds. The van der Waals surface area contributed by atoms with Crippen LogP contribution in [0, 0.1) is 0 Å². The summed E-state index contributed by atoms with van der Waals surface area (Å²) in [4.78, 5) is 15.1. The van der Waals surface area contributed by atoms with Crippen molar-refractivity contribution in [1.82, 2.24) is 0 Å². The molecule has 0 N–H and O–H groups in total. The minimum atomic E-state index is -0.166. The van der Waals surface area contributed by atoms with Gasteiger partial charge >= 0.3 is 5.97 Å². The molecule has 4 nitrogen and oxygen atoms in total. The van der Waals surface area contributed by atoms with Gasteiger partial charge in [-0.1, -0.05) is 0 Å². The van der Waals surface area contributed by atoms with Gasteiger partial charge in [-0.25, -0.2) is 0 Å². The van der Waals surface area contributed by atoms with Crippen molar-refractivity contribution in [3.63, 3.8) is 0 Å². The van der Waals surface area contributed by atoms with E-state index in [1.807, 2.05) is 0 Å². The van der Waals surface area contributed by atoms with Crippen molar-refractivity contribution in [2.75, 3.05) is 14.2 Å². The van der Waals surface area contributed by atoms with Crippen LogP contribution in [0.5, 0.6) is 0 Å². The first-order valence-corrected chi connectivity index (χ1v) is 4.43. The molecule has 0 aromatic carbocycles. The molecule has 0 unspecified atom stereocenters. The van der Waals surface area contributed by atoms with Crippen LogP contribution in [0.3, 0.4) is 0 Å². The zero-order valence-electron chi connectivity index (χ0n) is 8.08. The summed E-state index contributed by atoms with van der Waals surface area (Å²) in [6.45, 7) is 0. The van der Waals surface area contributed by atoms with E-state index < -0.39 is 0 Å². The lowest BCUT2D eigenvalue weighted by atomic mass is 10.1. The number of carbonyl (C=O) groups excluding carboxylic acids is 1. The average Bonchev–Trinajstić information content (AvgIpc) is 2.61. The fourth-order valence-corrected chi connectivity index (χ4v) is 1.37. The SMILES string of the molecule is COC(=O)CC[C@@H]1CCC(OC)=N1. The Hall–Kier alpha value is -1.06. The van der Waals surface area contributed by atoms with Gasteiger partial charge in [0.2, 0.25) is 0 Å². The van der Waals surface area contributed by atoms with Gasteiger partial charge < -0.3 is 9.47 Å². The topological polar surface area (TPSA) is 47.9 Å². The summed E-state index contributed by atoms with van der Waals surface area (Å²) in [5, 5.41) is 0. The quantitative estimate of drug-likeness (QED) is 0.619. The Kier molecular flexibility index (Phi) is 3.73. The van der Waals surface area contributed by atoms with E-state index in [0.717, 1.165) is 25.2 Å². The average molecular weight is 185 g/mol. The highest BCUT2D eigenvalue weighted by atomic mass is 16.5. The maximum atomic E-state index is 10.8. The Labute approximate surface area is 77.9 Å². The van der Waals surface area contributed by atoms with E-state index in [2.05, 4.69) is 9.73 Å². The first kappa shape index (κ1) is 10.0. The molecule has 0 radical (unpaired) electrons. The van der Waals surface area contributed by atoms with Crippen LogP contribution in [0.25, 0.3) is 0 Å². The maximum absolute atomic E-state index is 10.8. The van der Waals surface area contributed by atoms with Crippen LogP contribution in [0.1, 0.15) is 25.7 Å². The van der Waals surface area contributed by atoms with Gasteiger partial charge in [0.1, 0.15) is 0 Å². The molecular weight excluding hydrogens is 170 g/mol. The predicted octanol–water partition coefficient (Wildman–Crippen LogP) is 1.15. The molecule has 0 saturated heterocycles. The molecule has 1 aliphatic rings. The molecule has 0 bridgehead atoms. The fraction of sp³-hybridized carbons (Fsp3) is 0.778. The summed E-state index contributed by atoms with van der Waals surface area (Å²) < 4.78 is 9.55. The Bertz CT molecular complexity index is 213. The van der Waals surface area contributed by atoms with Gasteiger partial charge in [-0.05, 0) is 12.8 Å². The summed E-state index contributed by atoms with van der Waals surface area (Å²) >= 11 is 0. The van der Waals surface area contributed by atoms with Gasteiger partial charge in [0.05, 0.1) is 20.3 Å². The lowest BCUT2D eigenvalue weighted by molar-refractivity contribution is -0.140. The van der Waals surface area contributed by atoms with Crippen LogP contribution in [0.15, 0.2) is 4.99 Å². The smallest absolute Gasteiger partial charge is 0.305 e. The first-order chi connectivity index (χ1) is 6.26. The number of hydrogen-bond acceptors (Lipinski definition) is 4. The Morgan fingerprint density at radius 3 is 2.92 bits per heavy atom.